The molecule has 2 fully saturated rings. The molecular formula is C16H23ClF2N2. The van der Waals surface area contributed by atoms with E-state index < -0.39 is 11.3 Å². The second-order valence-corrected chi connectivity index (χ2v) is 6.18. The Kier molecular flexibility index (Phi) is 5.23. The summed E-state index contributed by atoms with van der Waals surface area (Å²) < 4.78 is 28.8. The van der Waals surface area contributed by atoms with E-state index in [1.807, 2.05) is 18.2 Å². The van der Waals surface area contributed by atoms with Crippen LogP contribution < -0.4 is 5.32 Å². The predicted molar refractivity (Wildman–Crippen MR) is 83.1 cm³/mol. The molecule has 3 rings (SSSR count). The standard InChI is InChI=1S/C16H22F2N2.ClH/c17-16(18)8-11-20(12-14-4-2-1-3-5-14)13-15(16)6-9-19-10-7-15;/h1-5,19H,6-13H2;1H. The lowest BCUT2D eigenvalue weighted by molar-refractivity contribution is -0.179. The van der Waals surface area contributed by atoms with E-state index in [-0.39, 0.29) is 18.8 Å². The number of rotatable bonds is 2. The van der Waals surface area contributed by atoms with Crippen molar-refractivity contribution in [1.29, 1.82) is 0 Å². The highest BCUT2D eigenvalue weighted by Crippen LogP contribution is 2.49. The van der Waals surface area contributed by atoms with Crippen molar-refractivity contribution in [2.45, 2.75) is 31.7 Å². The van der Waals surface area contributed by atoms with Gasteiger partial charge in [0.25, 0.3) is 5.92 Å². The van der Waals surface area contributed by atoms with Crippen LogP contribution in [0.25, 0.3) is 0 Å². The molecule has 0 radical (unpaired) electrons. The summed E-state index contributed by atoms with van der Waals surface area (Å²) in [5, 5.41) is 3.21. The predicted octanol–water partition coefficient (Wildman–Crippen LogP) is 3.32. The van der Waals surface area contributed by atoms with E-state index in [0.29, 0.717) is 25.9 Å². The van der Waals surface area contributed by atoms with Crippen molar-refractivity contribution in [3.8, 4) is 0 Å². The Morgan fingerprint density at radius 2 is 1.71 bits per heavy atom. The first kappa shape index (κ1) is 16.7. The van der Waals surface area contributed by atoms with E-state index in [0.717, 1.165) is 19.6 Å². The summed E-state index contributed by atoms with van der Waals surface area (Å²) in [5.74, 6) is -2.51. The Morgan fingerprint density at radius 3 is 2.38 bits per heavy atom. The van der Waals surface area contributed by atoms with Gasteiger partial charge >= 0.3 is 0 Å². The number of nitrogens with one attached hydrogen (secondary N) is 1. The van der Waals surface area contributed by atoms with Crippen LogP contribution in [0.5, 0.6) is 0 Å². The van der Waals surface area contributed by atoms with Crippen molar-refractivity contribution in [2.24, 2.45) is 5.41 Å². The number of alkyl halides is 2. The maximum absolute atomic E-state index is 14.4. The summed E-state index contributed by atoms with van der Waals surface area (Å²) in [7, 11) is 0. The van der Waals surface area contributed by atoms with Gasteiger partial charge in [-0.3, -0.25) is 4.90 Å². The molecule has 1 aromatic carbocycles. The third-order valence-corrected chi connectivity index (χ3v) is 4.85. The molecule has 1 aromatic rings. The van der Waals surface area contributed by atoms with Crippen LogP contribution in [0.2, 0.25) is 0 Å². The van der Waals surface area contributed by atoms with E-state index >= 15 is 0 Å². The molecule has 2 aliphatic rings. The number of halogens is 3. The second-order valence-electron chi connectivity index (χ2n) is 6.18. The molecule has 2 aliphatic heterocycles. The zero-order valence-electron chi connectivity index (χ0n) is 12.2. The van der Waals surface area contributed by atoms with Crippen LogP contribution in [-0.4, -0.2) is 37.0 Å². The number of hydrogen-bond acceptors (Lipinski definition) is 2. The Hall–Kier alpha value is -0.710. The maximum Gasteiger partial charge on any atom is 0.256 e. The molecule has 0 aromatic heterocycles. The average molecular weight is 317 g/mol. The van der Waals surface area contributed by atoms with Gasteiger partial charge < -0.3 is 5.32 Å². The summed E-state index contributed by atoms with van der Waals surface area (Å²) in [5.41, 5.74) is 0.396. The van der Waals surface area contributed by atoms with Crippen molar-refractivity contribution in [3.63, 3.8) is 0 Å². The van der Waals surface area contributed by atoms with Gasteiger partial charge in [0.15, 0.2) is 0 Å². The first-order valence-electron chi connectivity index (χ1n) is 7.46. The first-order chi connectivity index (χ1) is 9.61. The fourth-order valence-electron chi connectivity index (χ4n) is 3.59. The molecule has 2 saturated heterocycles. The molecule has 2 heterocycles. The number of nitrogens with zero attached hydrogens (tertiary/aromatic N) is 1. The highest BCUT2D eigenvalue weighted by molar-refractivity contribution is 5.85. The van der Waals surface area contributed by atoms with Gasteiger partial charge in [-0.05, 0) is 31.5 Å². The normalized spacial score (nSPS) is 24.5. The lowest BCUT2D eigenvalue weighted by Crippen LogP contribution is -2.58. The fourth-order valence-corrected chi connectivity index (χ4v) is 3.59. The molecule has 0 saturated carbocycles. The molecule has 0 unspecified atom stereocenters. The number of benzene rings is 1. The van der Waals surface area contributed by atoms with Crippen molar-refractivity contribution in [2.75, 3.05) is 26.2 Å². The highest BCUT2D eigenvalue weighted by Gasteiger charge is 2.56. The number of hydrogen-bond donors (Lipinski definition) is 1. The lowest BCUT2D eigenvalue weighted by Gasteiger charge is -2.50. The number of piperidine rings is 2. The van der Waals surface area contributed by atoms with Crippen LogP contribution in [0.4, 0.5) is 8.78 Å². The smallest absolute Gasteiger partial charge is 0.256 e. The average Bonchev–Trinajstić information content (AvgIpc) is 2.46. The maximum atomic E-state index is 14.4. The molecule has 5 heteroatoms. The summed E-state index contributed by atoms with van der Waals surface area (Å²) >= 11 is 0. The molecule has 0 amide bonds. The van der Waals surface area contributed by atoms with Crippen LogP contribution in [-0.2, 0) is 6.54 Å². The Bertz CT molecular complexity index is 447. The van der Waals surface area contributed by atoms with Crippen LogP contribution in [0.1, 0.15) is 24.8 Å². The minimum Gasteiger partial charge on any atom is -0.317 e. The second kappa shape index (κ2) is 6.59. The van der Waals surface area contributed by atoms with E-state index in [9.17, 15) is 8.78 Å². The van der Waals surface area contributed by atoms with Crippen LogP contribution >= 0.6 is 12.4 Å². The van der Waals surface area contributed by atoms with Gasteiger partial charge in [0.05, 0.1) is 0 Å². The molecule has 21 heavy (non-hydrogen) atoms. The Labute approximate surface area is 131 Å². The van der Waals surface area contributed by atoms with Crippen molar-refractivity contribution >= 4 is 12.4 Å². The van der Waals surface area contributed by atoms with Crippen LogP contribution in [0.3, 0.4) is 0 Å². The Morgan fingerprint density at radius 1 is 1.05 bits per heavy atom. The van der Waals surface area contributed by atoms with Crippen molar-refractivity contribution < 1.29 is 8.78 Å². The summed E-state index contributed by atoms with van der Waals surface area (Å²) in [4.78, 5) is 2.21. The van der Waals surface area contributed by atoms with Gasteiger partial charge in [0, 0.05) is 31.5 Å². The third kappa shape index (κ3) is 3.38. The molecule has 1 N–H and O–H groups in total. The number of likely N-dealkylation sites (tertiary alicyclic amines) is 1. The quantitative estimate of drug-likeness (QED) is 0.900. The third-order valence-electron chi connectivity index (χ3n) is 4.85. The Balaban J connectivity index is 0.00000161. The van der Waals surface area contributed by atoms with E-state index in [4.69, 9.17) is 0 Å². The first-order valence-corrected chi connectivity index (χ1v) is 7.46. The van der Waals surface area contributed by atoms with Crippen LogP contribution in [0.15, 0.2) is 30.3 Å². The SMILES string of the molecule is Cl.FC1(F)CCN(Cc2ccccc2)CC12CCNCC2. The summed E-state index contributed by atoms with van der Waals surface area (Å²) in [6.45, 7) is 3.24. The molecule has 0 aliphatic carbocycles. The minimum absolute atomic E-state index is 0. The van der Waals surface area contributed by atoms with Crippen molar-refractivity contribution in [3.05, 3.63) is 35.9 Å². The van der Waals surface area contributed by atoms with Crippen molar-refractivity contribution in [1.82, 2.24) is 10.2 Å². The fraction of sp³-hybridized carbons (Fsp3) is 0.625. The van der Waals surface area contributed by atoms with Gasteiger partial charge in [-0.1, -0.05) is 30.3 Å². The van der Waals surface area contributed by atoms with E-state index in [1.165, 1.54) is 5.56 Å². The largest absolute Gasteiger partial charge is 0.317 e. The molecule has 118 valence electrons. The van der Waals surface area contributed by atoms with Gasteiger partial charge in [-0.15, -0.1) is 12.4 Å². The topological polar surface area (TPSA) is 15.3 Å². The zero-order chi connectivity index (χ0) is 14.1. The highest BCUT2D eigenvalue weighted by atomic mass is 35.5. The summed E-state index contributed by atoms with van der Waals surface area (Å²) in [6.07, 6.45) is 1.18. The van der Waals surface area contributed by atoms with Crippen LogP contribution in [0, 0.1) is 5.41 Å². The van der Waals surface area contributed by atoms with Gasteiger partial charge in [0.1, 0.15) is 0 Å². The van der Waals surface area contributed by atoms with E-state index in [2.05, 4.69) is 22.3 Å². The van der Waals surface area contributed by atoms with Gasteiger partial charge in [-0.25, -0.2) is 8.78 Å². The molecular weight excluding hydrogens is 294 g/mol. The van der Waals surface area contributed by atoms with Gasteiger partial charge in [0.2, 0.25) is 0 Å². The molecule has 0 bridgehead atoms. The molecule has 0 atom stereocenters. The summed E-state index contributed by atoms with van der Waals surface area (Å²) in [6, 6.07) is 10.1. The van der Waals surface area contributed by atoms with E-state index in [1.54, 1.807) is 0 Å². The monoisotopic (exact) mass is 316 g/mol. The molecule has 2 nitrogen and oxygen atoms in total. The minimum atomic E-state index is -2.51. The van der Waals surface area contributed by atoms with Gasteiger partial charge in [-0.2, -0.15) is 0 Å². The molecule has 1 spiro atoms. The lowest BCUT2D eigenvalue weighted by atomic mass is 9.70. The zero-order valence-corrected chi connectivity index (χ0v) is 13.0.